The van der Waals surface area contributed by atoms with E-state index in [0.717, 1.165) is 30.6 Å². The van der Waals surface area contributed by atoms with E-state index in [4.69, 9.17) is 0 Å². The van der Waals surface area contributed by atoms with Crippen LogP contribution in [0.25, 0.3) is 0 Å². The van der Waals surface area contributed by atoms with Crippen LogP contribution in [0.5, 0.6) is 0 Å². The molecule has 1 aliphatic carbocycles. The van der Waals surface area contributed by atoms with Crippen molar-refractivity contribution in [3.63, 3.8) is 0 Å². The summed E-state index contributed by atoms with van der Waals surface area (Å²) >= 11 is 0. The Morgan fingerprint density at radius 3 is 2.54 bits per heavy atom. The summed E-state index contributed by atoms with van der Waals surface area (Å²) in [5.74, 6) is -0.613. The van der Waals surface area contributed by atoms with Gasteiger partial charge in [0.1, 0.15) is 6.04 Å². The maximum absolute atomic E-state index is 12.8. The fourth-order valence-corrected chi connectivity index (χ4v) is 3.13. The smallest absolute Gasteiger partial charge is 0.326 e. The highest BCUT2D eigenvalue weighted by Crippen LogP contribution is 2.41. The van der Waals surface area contributed by atoms with Crippen molar-refractivity contribution in [2.45, 2.75) is 51.6 Å². The molecule has 0 aliphatic heterocycles. The first kappa shape index (κ1) is 18.2. The van der Waals surface area contributed by atoms with Crippen LogP contribution in [-0.4, -0.2) is 32.8 Å². The van der Waals surface area contributed by atoms with E-state index in [1.54, 1.807) is 6.20 Å². The standard InChI is InChI=1S/C20H25N3O3/c1-13(2)12-23-18(15-8-9-15)16(11-21-23)19(24)22-17(20(25)26)10-14-6-4-3-5-7-14/h3-7,11,13,15,17H,8-10,12H2,1-2H3,(H,22,24)(H,25,26). The van der Waals surface area contributed by atoms with Gasteiger partial charge in [0.15, 0.2) is 0 Å². The normalized spacial score (nSPS) is 15.0. The van der Waals surface area contributed by atoms with Gasteiger partial charge in [-0.25, -0.2) is 4.79 Å². The van der Waals surface area contributed by atoms with Crippen LogP contribution in [0.1, 0.15) is 54.2 Å². The molecule has 1 aromatic heterocycles. The van der Waals surface area contributed by atoms with Crippen molar-refractivity contribution < 1.29 is 14.7 Å². The zero-order chi connectivity index (χ0) is 18.7. The summed E-state index contributed by atoms with van der Waals surface area (Å²) in [6.45, 7) is 4.97. The number of hydrogen-bond acceptors (Lipinski definition) is 3. The van der Waals surface area contributed by atoms with Crippen LogP contribution in [0.3, 0.4) is 0 Å². The van der Waals surface area contributed by atoms with E-state index in [1.165, 1.54) is 0 Å². The quantitative estimate of drug-likeness (QED) is 0.763. The van der Waals surface area contributed by atoms with Gasteiger partial charge in [-0.15, -0.1) is 0 Å². The van der Waals surface area contributed by atoms with Crippen molar-refractivity contribution in [3.05, 3.63) is 53.3 Å². The number of carboxylic acid groups (broad SMARTS) is 1. The van der Waals surface area contributed by atoms with Crippen LogP contribution < -0.4 is 5.32 Å². The van der Waals surface area contributed by atoms with Gasteiger partial charge in [0, 0.05) is 18.9 Å². The van der Waals surface area contributed by atoms with Gasteiger partial charge < -0.3 is 10.4 Å². The fourth-order valence-electron chi connectivity index (χ4n) is 3.13. The minimum atomic E-state index is -1.04. The molecule has 0 saturated heterocycles. The number of nitrogens with zero attached hydrogens (tertiary/aromatic N) is 2. The van der Waals surface area contributed by atoms with Crippen LogP contribution in [0.4, 0.5) is 0 Å². The number of rotatable bonds is 8. The van der Waals surface area contributed by atoms with Crippen LogP contribution in [-0.2, 0) is 17.8 Å². The molecule has 138 valence electrons. The highest BCUT2D eigenvalue weighted by Gasteiger charge is 2.33. The number of hydrogen-bond donors (Lipinski definition) is 2. The van der Waals surface area contributed by atoms with Crippen LogP contribution in [0.15, 0.2) is 36.5 Å². The van der Waals surface area contributed by atoms with E-state index in [1.807, 2.05) is 35.0 Å². The molecular weight excluding hydrogens is 330 g/mol. The highest BCUT2D eigenvalue weighted by molar-refractivity contribution is 5.97. The monoisotopic (exact) mass is 355 g/mol. The van der Waals surface area contributed by atoms with E-state index >= 15 is 0 Å². The van der Waals surface area contributed by atoms with E-state index in [-0.39, 0.29) is 12.3 Å². The Morgan fingerprint density at radius 1 is 1.27 bits per heavy atom. The molecule has 1 atom stereocenters. The maximum Gasteiger partial charge on any atom is 0.326 e. The summed E-state index contributed by atoms with van der Waals surface area (Å²) < 4.78 is 1.91. The molecule has 3 rings (SSSR count). The second-order valence-electron chi connectivity index (χ2n) is 7.35. The average Bonchev–Trinajstić information content (AvgIpc) is 3.35. The summed E-state index contributed by atoms with van der Waals surface area (Å²) in [6.07, 6.45) is 3.93. The Balaban J connectivity index is 1.77. The second kappa shape index (κ2) is 7.72. The van der Waals surface area contributed by atoms with Crippen LogP contribution in [0.2, 0.25) is 0 Å². The zero-order valence-corrected chi connectivity index (χ0v) is 15.2. The molecule has 0 radical (unpaired) electrons. The Hall–Kier alpha value is -2.63. The van der Waals surface area contributed by atoms with Gasteiger partial charge in [-0.1, -0.05) is 44.2 Å². The molecule has 2 N–H and O–H groups in total. The Labute approximate surface area is 153 Å². The molecule has 1 saturated carbocycles. The molecule has 6 nitrogen and oxygen atoms in total. The highest BCUT2D eigenvalue weighted by atomic mass is 16.4. The summed E-state index contributed by atoms with van der Waals surface area (Å²) in [4.78, 5) is 24.4. The average molecular weight is 355 g/mol. The molecule has 6 heteroatoms. The van der Waals surface area contributed by atoms with Crippen molar-refractivity contribution in [2.75, 3.05) is 0 Å². The fraction of sp³-hybridized carbons (Fsp3) is 0.450. The number of carboxylic acids is 1. The minimum absolute atomic E-state index is 0.251. The van der Waals surface area contributed by atoms with Gasteiger partial charge in [0.25, 0.3) is 5.91 Å². The third-order valence-electron chi connectivity index (χ3n) is 4.51. The summed E-state index contributed by atoms with van der Waals surface area (Å²) in [7, 11) is 0. The molecule has 1 unspecified atom stereocenters. The maximum atomic E-state index is 12.8. The van der Waals surface area contributed by atoms with Crippen molar-refractivity contribution in [3.8, 4) is 0 Å². The molecule has 0 bridgehead atoms. The predicted molar refractivity (Wildman–Crippen MR) is 98.1 cm³/mol. The first-order valence-corrected chi connectivity index (χ1v) is 9.09. The third-order valence-corrected chi connectivity index (χ3v) is 4.51. The van der Waals surface area contributed by atoms with Gasteiger partial charge in [0.2, 0.25) is 0 Å². The third kappa shape index (κ3) is 4.31. The van der Waals surface area contributed by atoms with Crippen molar-refractivity contribution in [1.29, 1.82) is 0 Å². The van der Waals surface area contributed by atoms with E-state index < -0.39 is 12.0 Å². The van der Waals surface area contributed by atoms with Gasteiger partial charge in [-0.3, -0.25) is 9.48 Å². The second-order valence-corrected chi connectivity index (χ2v) is 7.35. The molecule has 26 heavy (non-hydrogen) atoms. The summed E-state index contributed by atoms with van der Waals surface area (Å²) in [5, 5.41) is 16.6. The van der Waals surface area contributed by atoms with E-state index in [2.05, 4.69) is 24.3 Å². The molecule has 1 aliphatic rings. The Bertz CT molecular complexity index is 779. The number of aromatic nitrogens is 2. The molecule has 1 amide bonds. The molecule has 0 spiro atoms. The molecule has 1 fully saturated rings. The minimum Gasteiger partial charge on any atom is -0.480 e. The SMILES string of the molecule is CC(C)Cn1ncc(C(=O)NC(Cc2ccccc2)C(=O)O)c1C1CC1. The Kier molecular flexibility index (Phi) is 5.40. The lowest BCUT2D eigenvalue weighted by Crippen LogP contribution is -2.42. The van der Waals surface area contributed by atoms with Gasteiger partial charge in [-0.2, -0.15) is 5.10 Å². The molecular formula is C20H25N3O3. The van der Waals surface area contributed by atoms with Gasteiger partial charge in [0.05, 0.1) is 17.5 Å². The van der Waals surface area contributed by atoms with Crippen LogP contribution >= 0.6 is 0 Å². The molecule has 2 aromatic rings. The van der Waals surface area contributed by atoms with Gasteiger partial charge in [-0.05, 0) is 24.3 Å². The number of amides is 1. The number of nitrogens with one attached hydrogen (secondary N) is 1. The van der Waals surface area contributed by atoms with Crippen LogP contribution in [0, 0.1) is 5.92 Å². The molecule has 1 aromatic carbocycles. The zero-order valence-electron chi connectivity index (χ0n) is 15.2. The Morgan fingerprint density at radius 2 is 1.96 bits per heavy atom. The van der Waals surface area contributed by atoms with Crippen molar-refractivity contribution >= 4 is 11.9 Å². The van der Waals surface area contributed by atoms with Gasteiger partial charge >= 0.3 is 5.97 Å². The largest absolute Gasteiger partial charge is 0.480 e. The lowest BCUT2D eigenvalue weighted by atomic mass is 10.1. The molecule has 1 heterocycles. The number of benzene rings is 1. The number of carbonyl (C=O) groups excluding carboxylic acids is 1. The summed E-state index contributed by atoms with van der Waals surface area (Å²) in [6, 6.07) is 8.35. The summed E-state index contributed by atoms with van der Waals surface area (Å²) in [5.41, 5.74) is 2.32. The topological polar surface area (TPSA) is 84.2 Å². The lowest BCUT2D eigenvalue weighted by molar-refractivity contribution is -0.139. The first-order valence-electron chi connectivity index (χ1n) is 9.09. The predicted octanol–water partition coefficient (Wildman–Crippen LogP) is 2.84. The lowest BCUT2D eigenvalue weighted by Gasteiger charge is -2.15. The first-order chi connectivity index (χ1) is 12.5. The van der Waals surface area contributed by atoms with Crippen molar-refractivity contribution in [2.24, 2.45) is 5.92 Å². The number of aliphatic carboxylic acids is 1. The van der Waals surface area contributed by atoms with E-state index in [0.29, 0.717) is 17.4 Å². The van der Waals surface area contributed by atoms with E-state index in [9.17, 15) is 14.7 Å². The number of carbonyl (C=O) groups is 2. The van der Waals surface area contributed by atoms with Crippen molar-refractivity contribution in [1.82, 2.24) is 15.1 Å².